The Hall–Kier alpha value is -2.15. The van der Waals surface area contributed by atoms with E-state index in [1.54, 1.807) is 0 Å². The second-order valence-corrected chi connectivity index (χ2v) is 3.76. The maximum Gasteiger partial charge on any atom is 0.0715 e. The summed E-state index contributed by atoms with van der Waals surface area (Å²) in [6, 6.07) is 16.3. The normalized spacial score (nSPS) is 10.8. The molecule has 3 aromatic rings. The molecule has 0 aliphatic carbocycles. The van der Waals surface area contributed by atoms with Crippen LogP contribution in [0.3, 0.4) is 0 Å². The number of rotatable bonds is 1. The van der Waals surface area contributed by atoms with Crippen molar-refractivity contribution in [1.82, 2.24) is 4.98 Å². The van der Waals surface area contributed by atoms with Gasteiger partial charge in [-0.1, -0.05) is 49.1 Å². The average Bonchev–Trinajstić information content (AvgIpc) is 2.36. The van der Waals surface area contributed by atoms with Crippen molar-refractivity contribution >= 4 is 27.9 Å². The fraction of sp³-hybridized carbons (Fsp3) is 0. The van der Waals surface area contributed by atoms with Crippen LogP contribution in [0.15, 0.2) is 55.1 Å². The highest BCUT2D eigenvalue weighted by Gasteiger charge is 2.04. The fourth-order valence-corrected chi connectivity index (χ4v) is 2.09. The molecule has 0 N–H and O–H groups in total. The zero-order chi connectivity index (χ0) is 11.0. The van der Waals surface area contributed by atoms with Crippen LogP contribution in [-0.4, -0.2) is 4.98 Å². The number of hydrogen-bond donors (Lipinski definition) is 0. The van der Waals surface area contributed by atoms with E-state index < -0.39 is 0 Å². The maximum atomic E-state index is 4.64. The smallest absolute Gasteiger partial charge is 0.0715 e. The monoisotopic (exact) mass is 205 g/mol. The molecule has 0 bridgehead atoms. The number of hydrogen-bond acceptors (Lipinski definition) is 1. The third-order valence-corrected chi connectivity index (χ3v) is 2.83. The van der Waals surface area contributed by atoms with Crippen LogP contribution in [0.25, 0.3) is 27.9 Å². The second kappa shape index (κ2) is 3.46. The van der Waals surface area contributed by atoms with Gasteiger partial charge in [-0.25, -0.2) is 4.98 Å². The molecule has 0 fully saturated rings. The average molecular weight is 205 g/mol. The Morgan fingerprint density at radius 3 is 1.81 bits per heavy atom. The minimum Gasteiger partial charge on any atom is -0.248 e. The van der Waals surface area contributed by atoms with E-state index in [2.05, 4.69) is 23.7 Å². The zero-order valence-corrected chi connectivity index (χ0v) is 8.85. The van der Waals surface area contributed by atoms with Gasteiger partial charge in [0.15, 0.2) is 0 Å². The predicted molar refractivity (Wildman–Crippen MR) is 69.3 cm³/mol. The van der Waals surface area contributed by atoms with E-state index in [0.717, 1.165) is 21.8 Å². The Morgan fingerprint density at radius 1 is 0.812 bits per heavy atom. The molecule has 76 valence electrons. The molecular formula is C15H11N. The first-order valence-corrected chi connectivity index (χ1v) is 5.30. The number of fused-ring (bicyclic) bond motifs is 2. The lowest BCUT2D eigenvalue weighted by molar-refractivity contribution is 1.49. The summed E-state index contributed by atoms with van der Waals surface area (Å²) in [4.78, 5) is 4.64. The number of benzene rings is 2. The molecule has 0 saturated heterocycles. The van der Waals surface area contributed by atoms with Crippen LogP contribution in [0.4, 0.5) is 0 Å². The molecule has 1 heteroatoms. The molecule has 2 aromatic carbocycles. The molecule has 0 aliphatic heterocycles. The molecule has 1 heterocycles. The highest BCUT2D eigenvalue weighted by molar-refractivity contribution is 6.02. The molecular weight excluding hydrogens is 194 g/mol. The van der Waals surface area contributed by atoms with E-state index in [1.165, 1.54) is 5.56 Å². The van der Waals surface area contributed by atoms with Gasteiger partial charge in [-0.3, -0.25) is 0 Å². The van der Waals surface area contributed by atoms with E-state index in [0.29, 0.717) is 0 Å². The summed E-state index contributed by atoms with van der Waals surface area (Å²) >= 11 is 0. The molecule has 0 amide bonds. The van der Waals surface area contributed by atoms with Gasteiger partial charge in [0.1, 0.15) is 0 Å². The summed E-state index contributed by atoms with van der Waals surface area (Å²) < 4.78 is 0. The quantitative estimate of drug-likeness (QED) is 0.546. The number of aromatic nitrogens is 1. The van der Waals surface area contributed by atoms with Crippen molar-refractivity contribution in [2.24, 2.45) is 0 Å². The second-order valence-electron chi connectivity index (χ2n) is 3.76. The van der Waals surface area contributed by atoms with Crippen molar-refractivity contribution in [3.05, 3.63) is 60.7 Å². The molecule has 0 radical (unpaired) electrons. The van der Waals surface area contributed by atoms with Crippen molar-refractivity contribution in [2.45, 2.75) is 0 Å². The van der Waals surface area contributed by atoms with Crippen molar-refractivity contribution in [2.75, 3.05) is 0 Å². The topological polar surface area (TPSA) is 12.9 Å². The lowest BCUT2D eigenvalue weighted by atomic mass is 10.0. The summed E-state index contributed by atoms with van der Waals surface area (Å²) in [6.45, 7) is 3.90. The van der Waals surface area contributed by atoms with Crippen LogP contribution in [0.2, 0.25) is 0 Å². The third kappa shape index (κ3) is 1.22. The lowest BCUT2D eigenvalue weighted by Crippen LogP contribution is -1.86. The molecule has 3 rings (SSSR count). The van der Waals surface area contributed by atoms with Crippen molar-refractivity contribution in [1.29, 1.82) is 0 Å². The summed E-state index contributed by atoms with van der Waals surface area (Å²) in [6.07, 6.45) is 1.91. The maximum absolute atomic E-state index is 4.64. The fourth-order valence-electron chi connectivity index (χ4n) is 2.09. The highest BCUT2D eigenvalue weighted by atomic mass is 14.7. The number of para-hydroxylation sites is 2. The summed E-state index contributed by atoms with van der Waals surface area (Å²) in [5.74, 6) is 0. The van der Waals surface area contributed by atoms with Crippen molar-refractivity contribution < 1.29 is 0 Å². The van der Waals surface area contributed by atoms with Crippen LogP contribution >= 0.6 is 0 Å². The first-order chi connectivity index (χ1) is 7.90. The minimum absolute atomic E-state index is 1.02. The predicted octanol–water partition coefficient (Wildman–Crippen LogP) is 4.03. The van der Waals surface area contributed by atoms with Gasteiger partial charge < -0.3 is 0 Å². The molecule has 0 saturated carbocycles. The summed E-state index contributed by atoms with van der Waals surface area (Å²) in [7, 11) is 0. The minimum atomic E-state index is 1.02. The van der Waals surface area contributed by atoms with Crippen LogP contribution in [0.1, 0.15) is 5.56 Å². The Balaban J connectivity index is 2.61. The van der Waals surface area contributed by atoms with Crippen LogP contribution in [0, 0.1) is 0 Å². The molecule has 0 spiro atoms. The van der Waals surface area contributed by atoms with Gasteiger partial charge in [-0.2, -0.15) is 0 Å². The number of nitrogens with zero attached hydrogens (tertiary/aromatic N) is 1. The Labute approximate surface area is 94.1 Å². The number of pyridine rings is 1. The highest BCUT2D eigenvalue weighted by Crippen LogP contribution is 2.26. The molecule has 0 unspecified atom stereocenters. The Morgan fingerprint density at radius 2 is 1.31 bits per heavy atom. The Kier molecular flexibility index (Phi) is 1.97. The molecule has 0 atom stereocenters. The van der Waals surface area contributed by atoms with Gasteiger partial charge >= 0.3 is 0 Å². The van der Waals surface area contributed by atoms with Gasteiger partial charge in [0, 0.05) is 10.8 Å². The van der Waals surface area contributed by atoms with E-state index in [1.807, 2.05) is 42.5 Å². The van der Waals surface area contributed by atoms with Crippen LogP contribution < -0.4 is 0 Å². The standard InChI is InChI=1S/C15H11N/c1-2-11-12-7-3-5-9-14(12)16-15-10-6-4-8-13(11)15/h2-10H,1H2. The van der Waals surface area contributed by atoms with Gasteiger partial charge in [-0.05, 0) is 17.7 Å². The van der Waals surface area contributed by atoms with Gasteiger partial charge in [0.05, 0.1) is 11.0 Å². The SMILES string of the molecule is C=Cc1c2ccccc2nc2ccccc12. The van der Waals surface area contributed by atoms with Crippen LogP contribution in [-0.2, 0) is 0 Å². The van der Waals surface area contributed by atoms with E-state index in [9.17, 15) is 0 Å². The van der Waals surface area contributed by atoms with E-state index >= 15 is 0 Å². The molecule has 1 nitrogen and oxygen atoms in total. The van der Waals surface area contributed by atoms with Gasteiger partial charge in [0.25, 0.3) is 0 Å². The molecule has 1 aromatic heterocycles. The summed E-state index contributed by atoms with van der Waals surface area (Å²) in [5.41, 5.74) is 3.22. The lowest BCUT2D eigenvalue weighted by Gasteiger charge is -2.06. The van der Waals surface area contributed by atoms with Gasteiger partial charge in [-0.15, -0.1) is 0 Å². The first-order valence-electron chi connectivity index (χ1n) is 5.30. The van der Waals surface area contributed by atoms with Crippen molar-refractivity contribution in [3.8, 4) is 0 Å². The largest absolute Gasteiger partial charge is 0.248 e. The van der Waals surface area contributed by atoms with E-state index in [4.69, 9.17) is 0 Å². The molecule has 16 heavy (non-hydrogen) atoms. The first kappa shape index (κ1) is 9.10. The summed E-state index contributed by atoms with van der Waals surface area (Å²) in [5, 5.41) is 2.33. The van der Waals surface area contributed by atoms with Crippen molar-refractivity contribution in [3.63, 3.8) is 0 Å². The van der Waals surface area contributed by atoms with E-state index in [-0.39, 0.29) is 0 Å². The Bertz CT molecular complexity index is 629. The van der Waals surface area contributed by atoms with Crippen LogP contribution in [0.5, 0.6) is 0 Å². The molecule has 0 aliphatic rings. The van der Waals surface area contributed by atoms with Gasteiger partial charge in [0.2, 0.25) is 0 Å². The third-order valence-electron chi connectivity index (χ3n) is 2.83. The zero-order valence-electron chi connectivity index (χ0n) is 8.85.